The Bertz CT molecular complexity index is 1820. The van der Waals surface area contributed by atoms with Gasteiger partial charge in [0.2, 0.25) is 5.95 Å². The van der Waals surface area contributed by atoms with Crippen LogP contribution >= 0.6 is 11.6 Å². The van der Waals surface area contributed by atoms with E-state index in [-0.39, 0.29) is 22.5 Å². The van der Waals surface area contributed by atoms with Crippen LogP contribution in [0.15, 0.2) is 54.9 Å². The van der Waals surface area contributed by atoms with Crippen LogP contribution in [0.4, 0.5) is 32.6 Å². The zero-order chi connectivity index (χ0) is 34.0. The predicted molar refractivity (Wildman–Crippen MR) is 170 cm³/mol. The lowest BCUT2D eigenvalue weighted by Crippen LogP contribution is -2.44. The van der Waals surface area contributed by atoms with Crippen molar-refractivity contribution in [3.8, 4) is 11.3 Å². The average molecular weight is 651 g/mol. The van der Waals surface area contributed by atoms with E-state index in [0.717, 1.165) is 7.11 Å². The third-order valence-electron chi connectivity index (χ3n) is 5.98. The molecule has 15 heteroatoms. The van der Waals surface area contributed by atoms with Gasteiger partial charge in [-0.2, -0.15) is 0 Å². The second-order valence-electron chi connectivity index (χ2n) is 11.8. The number of nitro benzene ring substituents is 1. The molecule has 0 atom stereocenters. The van der Waals surface area contributed by atoms with Crippen LogP contribution in [0.5, 0.6) is 0 Å². The SMILES string of the molecule is COC(=O)c1cc(-c2ccnc(N(C(=O)OC(C)(C)C)C(=O)OC(C)(C)C)n2)cc(Nc2ccnc3c(Cl)cccc23)c1[N+](=O)[O-]. The summed E-state index contributed by atoms with van der Waals surface area (Å²) in [5, 5.41) is 16.3. The van der Waals surface area contributed by atoms with Crippen molar-refractivity contribution in [3.63, 3.8) is 0 Å². The van der Waals surface area contributed by atoms with Crippen LogP contribution in [0.25, 0.3) is 22.2 Å². The first-order valence-electron chi connectivity index (χ1n) is 13.8. The summed E-state index contributed by atoms with van der Waals surface area (Å²) in [5.74, 6) is -1.39. The standard InChI is InChI=1S/C31H31ClN6O8/c1-30(2,3)45-28(40)37(29(41)46-31(4,5)6)27-34-14-11-21(36-27)17-15-19(26(39)44-7)25(38(42)43)23(16-17)35-22-12-13-33-24-18(22)9-8-10-20(24)32/h8-16H,1-7H3,(H,33,35). The number of pyridine rings is 1. The van der Waals surface area contributed by atoms with Crippen molar-refractivity contribution in [2.75, 3.05) is 17.3 Å². The van der Waals surface area contributed by atoms with Gasteiger partial charge in [0.1, 0.15) is 22.5 Å². The molecule has 0 aliphatic heterocycles. The number of aromatic nitrogens is 3. The maximum absolute atomic E-state index is 13.2. The van der Waals surface area contributed by atoms with Gasteiger partial charge in [0.15, 0.2) is 0 Å². The van der Waals surface area contributed by atoms with Gasteiger partial charge in [0, 0.05) is 29.0 Å². The highest BCUT2D eigenvalue weighted by Crippen LogP contribution is 2.38. The van der Waals surface area contributed by atoms with Gasteiger partial charge in [-0.25, -0.2) is 24.4 Å². The second kappa shape index (κ2) is 12.9. The molecule has 2 aromatic heterocycles. The molecule has 0 fully saturated rings. The number of amides is 2. The molecule has 0 saturated carbocycles. The van der Waals surface area contributed by atoms with Crippen LogP contribution in [0.2, 0.25) is 5.02 Å². The lowest BCUT2D eigenvalue weighted by atomic mass is 10.0. The molecule has 0 spiro atoms. The first-order valence-corrected chi connectivity index (χ1v) is 14.2. The number of carbonyl (C=O) groups is 3. The number of nitrogens with one attached hydrogen (secondary N) is 1. The molecule has 14 nitrogen and oxygen atoms in total. The van der Waals surface area contributed by atoms with Crippen molar-refractivity contribution in [2.45, 2.75) is 52.7 Å². The predicted octanol–water partition coefficient (Wildman–Crippen LogP) is 7.46. The Morgan fingerprint density at radius 3 is 2.13 bits per heavy atom. The van der Waals surface area contributed by atoms with Gasteiger partial charge in [-0.3, -0.25) is 15.1 Å². The molecular formula is C31H31ClN6O8. The van der Waals surface area contributed by atoms with E-state index in [2.05, 4.69) is 20.3 Å². The van der Waals surface area contributed by atoms with Gasteiger partial charge in [-0.1, -0.05) is 23.7 Å². The Balaban J connectivity index is 1.90. The summed E-state index contributed by atoms with van der Waals surface area (Å²) in [5.41, 5.74) is -1.88. The van der Waals surface area contributed by atoms with Crippen molar-refractivity contribution in [3.05, 3.63) is 75.6 Å². The molecule has 2 aromatic carbocycles. The quantitative estimate of drug-likeness (QED) is 0.0944. The Morgan fingerprint density at radius 1 is 0.913 bits per heavy atom. The molecule has 4 aromatic rings. The largest absolute Gasteiger partial charge is 0.465 e. The van der Waals surface area contributed by atoms with Crippen molar-refractivity contribution in [2.24, 2.45) is 0 Å². The molecule has 4 rings (SSSR count). The van der Waals surface area contributed by atoms with Crippen molar-refractivity contribution >= 4 is 63.7 Å². The third kappa shape index (κ3) is 7.64. The fourth-order valence-corrected chi connectivity index (χ4v) is 4.43. The minimum absolute atomic E-state index is 0.0906. The molecule has 1 N–H and O–H groups in total. The maximum Gasteiger partial charge on any atom is 0.427 e. The zero-order valence-electron chi connectivity index (χ0n) is 26.1. The molecule has 2 heterocycles. The molecular weight excluding hydrogens is 620 g/mol. The number of halogens is 1. The van der Waals surface area contributed by atoms with Gasteiger partial charge in [-0.15, -0.1) is 4.90 Å². The highest BCUT2D eigenvalue weighted by atomic mass is 35.5. The van der Waals surface area contributed by atoms with Crippen LogP contribution in [0.3, 0.4) is 0 Å². The molecule has 2 amide bonds. The molecule has 46 heavy (non-hydrogen) atoms. The number of rotatable bonds is 6. The van der Waals surface area contributed by atoms with Crippen LogP contribution in [-0.4, -0.2) is 56.3 Å². The average Bonchev–Trinajstić information content (AvgIpc) is 2.95. The van der Waals surface area contributed by atoms with E-state index in [1.165, 1.54) is 30.6 Å². The summed E-state index contributed by atoms with van der Waals surface area (Å²) >= 11 is 6.32. The number of anilines is 3. The van der Waals surface area contributed by atoms with Gasteiger partial charge >= 0.3 is 23.8 Å². The summed E-state index contributed by atoms with van der Waals surface area (Å²) < 4.78 is 15.7. The molecule has 0 radical (unpaired) electrons. The molecule has 0 aliphatic rings. The van der Waals surface area contributed by atoms with E-state index in [9.17, 15) is 24.5 Å². The van der Waals surface area contributed by atoms with Crippen molar-refractivity contribution < 1.29 is 33.5 Å². The summed E-state index contributed by atoms with van der Waals surface area (Å²) in [6.45, 7) is 9.72. The molecule has 0 bridgehead atoms. The number of nitrogens with zero attached hydrogens (tertiary/aromatic N) is 5. The lowest BCUT2D eigenvalue weighted by molar-refractivity contribution is -0.384. The van der Waals surface area contributed by atoms with Crippen LogP contribution in [0.1, 0.15) is 51.9 Å². The smallest absolute Gasteiger partial charge is 0.427 e. The first kappa shape index (κ1) is 33.5. The molecule has 0 saturated heterocycles. The fraction of sp³-hybridized carbons (Fsp3) is 0.290. The van der Waals surface area contributed by atoms with Gasteiger partial charge < -0.3 is 19.5 Å². The second-order valence-corrected chi connectivity index (χ2v) is 12.2. The summed E-state index contributed by atoms with van der Waals surface area (Å²) in [6.07, 6.45) is 0.558. The monoisotopic (exact) mass is 650 g/mol. The lowest BCUT2D eigenvalue weighted by Gasteiger charge is -2.27. The van der Waals surface area contributed by atoms with Crippen LogP contribution < -0.4 is 10.2 Å². The number of hydrogen-bond acceptors (Lipinski definition) is 12. The number of imide groups is 1. The number of para-hydroxylation sites is 1. The maximum atomic E-state index is 13.2. The Labute approximate surface area is 268 Å². The minimum atomic E-state index is -1.09. The first-order chi connectivity index (χ1) is 21.5. The molecule has 0 aliphatic carbocycles. The number of hydrogen-bond donors (Lipinski definition) is 1. The highest BCUT2D eigenvalue weighted by molar-refractivity contribution is 6.35. The van der Waals surface area contributed by atoms with Crippen molar-refractivity contribution in [1.29, 1.82) is 0 Å². The Kier molecular flexibility index (Phi) is 9.42. The minimum Gasteiger partial charge on any atom is -0.465 e. The third-order valence-corrected chi connectivity index (χ3v) is 6.28. The number of fused-ring (bicyclic) bond motifs is 1. The Hall–Kier alpha value is -5.37. The highest BCUT2D eigenvalue weighted by Gasteiger charge is 2.35. The molecule has 0 unspecified atom stereocenters. The van der Waals surface area contributed by atoms with Gasteiger partial charge in [0.25, 0.3) is 0 Å². The number of methoxy groups -OCH3 is 1. The van der Waals surface area contributed by atoms with E-state index < -0.39 is 45.9 Å². The number of carbonyl (C=O) groups excluding carboxylic acids is 3. The van der Waals surface area contributed by atoms with E-state index in [1.54, 1.807) is 65.8 Å². The van der Waals surface area contributed by atoms with E-state index in [4.69, 9.17) is 25.8 Å². The summed E-state index contributed by atoms with van der Waals surface area (Å²) in [4.78, 5) is 64.2. The Morgan fingerprint density at radius 2 is 1.54 bits per heavy atom. The number of esters is 1. The van der Waals surface area contributed by atoms with E-state index >= 15 is 0 Å². The number of benzene rings is 2. The summed E-state index contributed by atoms with van der Waals surface area (Å²) in [6, 6.07) is 10.7. The number of ether oxygens (including phenoxy) is 3. The van der Waals surface area contributed by atoms with Crippen molar-refractivity contribution in [1.82, 2.24) is 15.0 Å². The van der Waals surface area contributed by atoms with Gasteiger partial charge in [-0.05, 0) is 71.9 Å². The summed E-state index contributed by atoms with van der Waals surface area (Å²) in [7, 11) is 1.09. The normalized spacial score (nSPS) is 11.5. The van der Waals surface area contributed by atoms with Crippen LogP contribution in [-0.2, 0) is 14.2 Å². The van der Waals surface area contributed by atoms with Crippen LogP contribution in [0, 0.1) is 10.1 Å². The topological polar surface area (TPSA) is 176 Å². The fourth-order valence-electron chi connectivity index (χ4n) is 4.20. The van der Waals surface area contributed by atoms with E-state index in [0.29, 0.717) is 26.5 Å². The zero-order valence-corrected chi connectivity index (χ0v) is 26.8. The van der Waals surface area contributed by atoms with Gasteiger partial charge in [0.05, 0.1) is 28.3 Å². The van der Waals surface area contributed by atoms with E-state index in [1.807, 2.05) is 0 Å². The molecule has 240 valence electrons. The number of nitro groups is 1.